The number of rotatable bonds is 5. The smallest absolute Gasteiger partial charge is 0.164 e. The number of ketones is 1. The Morgan fingerprint density at radius 2 is 2.00 bits per heavy atom. The van der Waals surface area contributed by atoms with Crippen LogP contribution in [0.1, 0.15) is 40.7 Å². The first-order chi connectivity index (χ1) is 9.58. The number of aliphatic hydroxyl groups excluding tert-OH is 1. The van der Waals surface area contributed by atoms with Crippen molar-refractivity contribution in [3.05, 3.63) is 34.9 Å². The molecule has 20 heavy (non-hydrogen) atoms. The van der Waals surface area contributed by atoms with Crippen molar-refractivity contribution in [2.45, 2.75) is 33.1 Å². The van der Waals surface area contributed by atoms with Gasteiger partial charge in [0.05, 0.1) is 0 Å². The number of hydrogen-bond donors (Lipinski definition) is 1. The van der Waals surface area contributed by atoms with E-state index < -0.39 is 0 Å². The van der Waals surface area contributed by atoms with Crippen LogP contribution in [0, 0.1) is 19.8 Å². The van der Waals surface area contributed by atoms with E-state index in [0.717, 1.165) is 49.2 Å². The van der Waals surface area contributed by atoms with Gasteiger partial charge in [-0.1, -0.05) is 17.2 Å². The summed E-state index contributed by atoms with van der Waals surface area (Å²) in [6.07, 6.45) is 2.81. The van der Waals surface area contributed by atoms with E-state index in [2.05, 4.69) is 11.0 Å². The van der Waals surface area contributed by atoms with Crippen LogP contribution in [0.3, 0.4) is 0 Å². The average molecular weight is 275 g/mol. The zero-order chi connectivity index (χ0) is 14.5. The van der Waals surface area contributed by atoms with E-state index in [9.17, 15) is 9.90 Å². The highest BCUT2D eigenvalue weighted by molar-refractivity contribution is 5.96. The molecule has 0 radical (unpaired) electrons. The maximum absolute atomic E-state index is 12.3. The Bertz CT molecular complexity index is 450. The summed E-state index contributed by atoms with van der Waals surface area (Å²) in [4.78, 5) is 14.6. The molecule has 2 rings (SSSR count). The summed E-state index contributed by atoms with van der Waals surface area (Å²) in [6.45, 7) is 7.11. The fourth-order valence-electron chi connectivity index (χ4n) is 3.04. The van der Waals surface area contributed by atoms with Crippen LogP contribution in [0.25, 0.3) is 0 Å². The molecule has 3 heteroatoms. The van der Waals surface area contributed by atoms with Crippen molar-refractivity contribution >= 4 is 5.78 Å². The molecular formula is C17H25NO2. The molecule has 1 aromatic rings. The van der Waals surface area contributed by atoms with Gasteiger partial charge in [-0.25, -0.2) is 0 Å². The number of aryl methyl sites for hydroxylation is 2. The van der Waals surface area contributed by atoms with Crippen LogP contribution in [0.15, 0.2) is 18.2 Å². The van der Waals surface area contributed by atoms with Crippen LogP contribution < -0.4 is 0 Å². The van der Waals surface area contributed by atoms with Gasteiger partial charge in [-0.15, -0.1) is 0 Å². The van der Waals surface area contributed by atoms with Gasteiger partial charge < -0.3 is 10.0 Å². The predicted molar refractivity (Wildman–Crippen MR) is 81.1 cm³/mol. The van der Waals surface area contributed by atoms with Crippen LogP contribution in [0.5, 0.6) is 0 Å². The van der Waals surface area contributed by atoms with E-state index in [4.69, 9.17) is 0 Å². The fourth-order valence-corrected chi connectivity index (χ4v) is 3.04. The minimum Gasteiger partial charge on any atom is -0.396 e. The fraction of sp³-hybridized carbons (Fsp3) is 0.588. The maximum atomic E-state index is 12.3. The summed E-state index contributed by atoms with van der Waals surface area (Å²) in [5.74, 6) is 0.614. The van der Waals surface area contributed by atoms with Crippen LogP contribution in [-0.2, 0) is 0 Å². The molecule has 0 spiro atoms. The summed E-state index contributed by atoms with van der Waals surface area (Å²) in [5.41, 5.74) is 3.12. The molecule has 0 amide bonds. The highest BCUT2D eigenvalue weighted by Gasteiger charge is 2.19. The molecule has 110 valence electrons. The molecule has 1 heterocycles. The molecular weight excluding hydrogens is 250 g/mol. The number of likely N-dealkylation sites (tertiary alicyclic amines) is 1. The Balaban J connectivity index is 1.88. The van der Waals surface area contributed by atoms with Crippen molar-refractivity contribution in [3.63, 3.8) is 0 Å². The number of piperidine rings is 1. The van der Waals surface area contributed by atoms with E-state index in [-0.39, 0.29) is 12.4 Å². The van der Waals surface area contributed by atoms with Crippen molar-refractivity contribution < 1.29 is 9.90 Å². The van der Waals surface area contributed by atoms with Crippen LogP contribution in [0.4, 0.5) is 0 Å². The van der Waals surface area contributed by atoms with Gasteiger partial charge in [0.25, 0.3) is 0 Å². The van der Waals surface area contributed by atoms with E-state index in [1.807, 2.05) is 26.0 Å². The van der Waals surface area contributed by atoms with Crippen LogP contribution in [-0.4, -0.2) is 42.0 Å². The standard InChI is InChI=1S/C17H25NO2/c1-13-8-14(2)10-16(9-13)17(20)5-7-18-6-3-4-15(11-18)12-19/h8-10,15,19H,3-7,11-12H2,1-2H3. The minimum atomic E-state index is 0.225. The van der Waals surface area contributed by atoms with Gasteiger partial charge in [0.15, 0.2) is 5.78 Å². The minimum absolute atomic E-state index is 0.225. The molecule has 1 aromatic carbocycles. The second-order valence-corrected chi connectivity index (χ2v) is 6.04. The summed E-state index contributed by atoms with van der Waals surface area (Å²) >= 11 is 0. The molecule has 0 aliphatic carbocycles. The number of Topliss-reactive ketones (excluding diaryl/α,β-unsaturated/α-hetero) is 1. The number of hydrogen-bond acceptors (Lipinski definition) is 3. The normalized spacial score (nSPS) is 20.1. The number of nitrogens with zero attached hydrogens (tertiary/aromatic N) is 1. The highest BCUT2D eigenvalue weighted by Crippen LogP contribution is 2.17. The lowest BCUT2D eigenvalue weighted by Gasteiger charge is -2.31. The van der Waals surface area contributed by atoms with Gasteiger partial charge in [0, 0.05) is 31.7 Å². The van der Waals surface area contributed by atoms with Crippen molar-refractivity contribution in [3.8, 4) is 0 Å². The Labute approximate surface area is 121 Å². The first-order valence-electron chi connectivity index (χ1n) is 7.53. The zero-order valence-corrected chi connectivity index (χ0v) is 12.6. The van der Waals surface area contributed by atoms with Gasteiger partial charge in [-0.2, -0.15) is 0 Å². The van der Waals surface area contributed by atoms with Crippen molar-refractivity contribution in [2.24, 2.45) is 5.92 Å². The summed E-state index contributed by atoms with van der Waals surface area (Å²) in [5, 5.41) is 9.23. The second-order valence-electron chi connectivity index (χ2n) is 6.04. The van der Waals surface area contributed by atoms with E-state index in [1.54, 1.807) is 0 Å². The summed E-state index contributed by atoms with van der Waals surface area (Å²) in [6, 6.07) is 6.04. The zero-order valence-electron chi connectivity index (χ0n) is 12.6. The van der Waals surface area contributed by atoms with Gasteiger partial charge in [-0.05, 0) is 51.3 Å². The van der Waals surface area contributed by atoms with Gasteiger partial charge in [-0.3, -0.25) is 4.79 Å². The summed E-state index contributed by atoms with van der Waals surface area (Å²) < 4.78 is 0. The molecule has 1 unspecified atom stereocenters. The third-order valence-electron chi connectivity index (χ3n) is 4.06. The molecule has 1 aliphatic heterocycles. The number of carbonyl (C=O) groups excluding carboxylic acids is 1. The average Bonchev–Trinajstić information content (AvgIpc) is 2.44. The van der Waals surface area contributed by atoms with Crippen LogP contribution >= 0.6 is 0 Å². The Kier molecular flexibility index (Phi) is 5.32. The number of benzene rings is 1. The molecule has 1 N–H and O–H groups in total. The van der Waals surface area contributed by atoms with Crippen molar-refractivity contribution in [2.75, 3.05) is 26.2 Å². The highest BCUT2D eigenvalue weighted by atomic mass is 16.3. The molecule has 0 aromatic heterocycles. The summed E-state index contributed by atoms with van der Waals surface area (Å²) in [7, 11) is 0. The Hall–Kier alpha value is -1.19. The van der Waals surface area contributed by atoms with Gasteiger partial charge in [0.2, 0.25) is 0 Å². The molecule has 0 bridgehead atoms. The topological polar surface area (TPSA) is 40.5 Å². The van der Waals surface area contributed by atoms with Gasteiger partial charge in [0.1, 0.15) is 0 Å². The molecule has 1 aliphatic rings. The van der Waals surface area contributed by atoms with E-state index >= 15 is 0 Å². The molecule has 1 saturated heterocycles. The first-order valence-corrected chi connectivity index (χ1v) is 7.53. The quantitative estimate of drug-likeness (QED) is 0.840. The SMILES string of the molecule is Cc1cc(C)cc(C(=O)CCN2CCCC(CO)C2)c1. The lowest BCUT2D eigenvalue weighted by Crippen LogP contribution is -2.37. The van der Waals surface area contributed by atoms with E-state index in [0.29, 0.717) is 12.3 Å². The number of aliphatic hydroxyl groups is 1. The molecule has 0 saturated carbocycles. The van der Waals surface area contributed by atoms with Gasteiger partial charge >= 0.3 is 0 Å². The van der Waals surface area contributed by atoms with Crippen molar-refractivity contribution in [1.82, 2.24) is 4.90 Å². The third-order valence-corrected chi connectivity index (χ3v) is 4.06. The van der Waals surface area contributed by atoms with E-state index in [1.165, 1.54) is 0 Å². The monoisotopic (exact) mass is 275 g/mol. The molecule has 1 atom stereocenters. The largest absolute Gasteiger partial charge is 0.396 e. The Morgan fingerprint density at radius 1 is 1.30 bits per heavy atom. The Morgan fingerprint density at radius 3 is 2.65 bits per heavy atom. The molecule has 1 fully saturated rings. The van der Waals surface area contributed by atoms with Crippen LogP contribution in [0.2, 0.25) is 0 Å². The lowest BCUT2D eigenvalue weighted by atomic mass is 9.98. The third kappa shape index (κ3) is 4.15. The number of carbonyl (C=O) groups is 1. The maximum Gasteiger partial charge on any atom is 0.164 e. The predicted octanol–water partition coefficient (Wildman–Crippen LogP) is 2.58. The lowest BCUT2D eigenvalue weighted by molar-refractivity contribution is 0.0917. The van der Waals surface area contributed by atoms with Crippen molar-refractivity contribution in [1.29, 1.82) is 0 Å². The first kappa shape index (κ1) is 15.2. The second kappa shape index (κ2) is 7.00. The molecule has 3 nitrogen and oxygen atoms in total.